The Balaban J connectivity index is 1.44. The second-order valence-corrected chi connectivity index (χ2v) is 22.8. The smallest absolute Gasteiger partial charge is 0.329 e. The predicted molar refractivity (Wildman–Crippen MR) is 286 cm³/mol. The summed E-state index contributed by atoms with van der Waals surface area (Å²) in [6.45, 7) is 21.6. The predicted octanol–water partition coefficient (Wildman–Crippen LogP) is 8.86. The molecule has 75 heavy (non-hydrogen) atoms. The van der Waals surface area contributed by atoms with Crippen LogP contribution >= 0.6 is 0 Å². The molecule has 15 nitrogen and oxygen atoms in total. The number of rotatable bonds is 10. The fourth-order valence-corrected chi connectivity index (χ4v) is 11.9. The van der Waals surface area contributed by atoms with Gasteiger partial charge in [-0.05, 0) is 126 Å². The number of nitrogens with zero attached hydrogens (tertiary/aromatic N) is 1. The van der Waals surface area contributed by atoms with Gasteiger partial charge < -0.3 is 48.3 Å². The average Bonchev–Trinajstić information content (AvgIpc) is 3.72. The van der Waals surface area contributed by atoms with Crippen LogP contribution < -0.4 is 0 Å². The molecule has 2 N–H and O–H groups in total. The highest BCUT2D eigenvalue weighted by molar-refractivity contribution is 6.39. The van der Waals surface area contributed by atoms with Crippen LogP contribution in [0.4, 0.5) is 0 Å². The fourth-order valence-electron chi connectivity index (χ4n) is 11.9. The Morgan fingerprint density at radius 1 is 0.840 bits per heavy atom. The maximum absolute atomic E-state index is 14.6. The number of methoxy groups -OCH3 is 3. The van der Waals surface area contributed by atoms with Crippen LogP contribution in [-0.2, 0) is 57.1 Å². The zero-order valence-electron chi connectivity index (χ0n) is 47.4. The molecule has 1 amide bonds. The highest BCUT2D eigenvalue weighted by atomic mass is 16.6. The fraction of sp³-hybridized carbons (Fsp3) is 0.750. The first-order valence-electron chi connectivity index (χ1n) is 28.0. The van der Waals surface area contributed by atoms with E-state index in [9.17, 15) is 34.2 Å². The quantitative estimate of drug-likeness (QED) is 0.120. The van der Waals surface area contributed by atoms with Gasteiger partial charge in [0.15, 0.2) is 5.78 Å². The number of aliphatic hydroxyl groups is 2. The third-order valence-corrected chi connectivity index (χ3v) is 17.2. The lowest BCUT2D eigenvalue weighted by Crippen LogP contribution is -2.60. The number of ether oxygens (including phenoxy) is 7. The minimum Gasteiger partial charge on any atom is -0.456 e. The molecule has 0 aromatic rings. The molecular weight excluding hydrogens is 959 g/mol. The number of ketones is 3. The Morgan fingerprint density at radius 3 is 2.24 bits per heavy atom. The number of esters is 1. The third-order valence-electron chi connectivity index (χ3n) is 17.2. The van der Waals surface area contributed by atoms with E-state index in [0.717, 1.165) is 37.7 Å². The molecule has 0 aromatic heterocycles. The molecule has 1 saturated carbocycles. The van der Waals surface area contributed by atoms with Gasteiger partial charge >= 0.3 is 5.97 Å². The average molecular weight is 1050 g/mol. The van der Waals surface area contributed by atoms with Crippen LogP contribution in [0.25, 0.3) is 0 Å². The molecule has 422 valence electrons. The van der Waals surface area contributed by atoms with Gasteiger partial charge in [-0.2, -0.15) is 0 Å². The van der Waals surface area contributed by atoms with Crippen LogP contribution in [-0.4, -0.2) is 145 Å². The van der Waals surface area contributed by atoms with Gasteiger partial charge in [0.2, 0.25) is 5.79 Å². The summed E-state index contributed by atoms with van der Waals surface area (Å²) in [4.78, 5) is 72.7. The van der Waals surface area contributed by atoms with Crippen molar-refractivity contribution in [2.45, 2.75) is 231 Å². The maximum atomic E-state index is 14.6. The molecule has 17 atom stereocenters. The summed E-state index contributed by atoms with van der Waals surface area (Å²) < 4.78 is 43.3. The number of fused-ring (bicyclic) bond motifs is 3. The number of carbonyl (C=O) groups is 5. The second kappa shape index (κ2) is 28.3. The van der Waals surface area contributed by atoms with E-state index in [0.29, 0.717) is 62.5 Å². The second-order valence-electron chi connectivity index (χ2n) is 22.8. The van der Waals surface area contributed by atoms with Gasteiger partial charge in [-0.15, -0.1) is 0 Å². The molecule has 7 unspecified atom stereocenters. The Kier molecular flexibility index (Phi) is 23.4. The van der Waals surface area contributed by atoms with E-state index >= 15 is 0 Å². The Labute approximate surface area is 448 Å². The van der Waals surface area contributed by atoms with Gasteiger partial charge in [-0.1, -0.05) is 84.6 Å². The molecule has 4 aliphatic heterocycles. The largest absolute Gasteiger partial charge is 0.456 e. The summed E-state index contributed by atoms with van der Waals surface area (Å²) in [6.07, 6.45) is 14.1. The van der Waals surface area contributed by atoms with Crippen LogP contribution in [0.2, 0.25) is 0 Å². The maximum Gasteiger partial charge on any atom is 0.329 e. The van der Waals surface area contributed by atoms with Crippen molar-refractivity contribution in [1.82, 2.24) is 4.90 Å². The van der Waals surface area contributed by atoms with Crippen molar-refractivity contribution in [3.8, 4) is 0 Å². The molecule has 3 saturated heterocycles. The Hall–Kier alpha value is -3.67. The lowest BCUT2D eigenvalue weighted by Gasteiger charge is -2.42. The highest BCUT2D eigenvalue weighted by Gasteiger charge is 2.53. The summed E-state index contributed by atoms with van der Waals surface area (Å²) >= 11 is 0. The summed E-state index contributed by atoms with van der Waals surface area (Å²) in [5, 5.41) is 23.6. The molecule has 0 radical (unpaired) electrons. The molecule has 2 bridgehead atoms. The molecule has 0 spiro atoms. The van der Waals surface area contributed by atoms with Crippen molar-refractivity contribution < 1.29 is 67.3 Å². The molecule has 4 heterocycles. The molecule has 15 heteroatoms. The number of cyclic esters (lactones) is 1. The standard InChI is InChI=1S/C60H93NO14/c1-14-44-34-52(59(10,15-2)74-44)72-48-27-25-43(32-51(48)70-12)31-39(6)50-35-47(62)38(5)30-41(8)54(64)55(71-13)53(63)40(7)29-36(3)21-17-16-18-22-37(4)49(69-11)33-45-26-24-42(9)60(68,75-45)56(65)57(66)61-28-20-19-23-46(61)58(67)73-50/h16-18,21-22,30,36,38,40,42-46,48-52,54-55,64,68H,6,14-15,19-20,23-29,31-35H2,1-5,7-13H3/b18-16+,21-17+,37-22+,41-30+/t36-,38-,40-,42-,43?,44?,45+,46+,48?,49+,50+,51?,52?,54?,55+,59?,60-/m1/s1. The minimum atomic E-state index is -2.45. The molecule has 5 rings (SSSR count). The third kappa shape index (κ3) is 15.8. The van der Waals surface area contributed by atoms with E-state index in [-0.39, 0.29) is 67.2 Å². The van der Waals surface area contributed by atoms with Gasteiger partial charge in [-0.25, -0.2) is 4.79 Å². The van der Waals surface area contributed by atoms with Crippen molar-refractivity contribution in [2.75, 3.05) is 27.9 Å². The van der Waals surface area contributed by atoms with Gasteiger partial charge in [0, 0.05) is 64.9 Å². The lowest BCUT2D eigenvalue weighted by atomic mass is 9.80. The summed E-state index contributed by atoms with van der Waals surface area (Å²) in [5.74, 6) is -7.89. The van der Waals surface area contributed by atoms with Crippen LogP contribution in [0.3, 0.4) is 0 Å². The first-order valence-corrected chi connectivity index (χ1v) is 28.0. The van der Waals surface area contributed by atoms with Crippen molar-refractivity contribution in [3.63, 3.8) is 0 Å². The topological polar surface area (TPSA) is 194 Å². The summed E-state index contributed by atoms with van der Waals surface area (Å²) in [6, 6.07) is -1.18. The number of aliphatic hydroxyl groups excluding tert-OH is 1. The van der Waals surface area contributed by atoms with E-state index in [2.05, 4.69) is 27.4 Å². The Morgan fingerprint density at radius 2 is 1.57 bits per heavy atom. The number of hydrogen-bond acceptors (Lipinski definition) is 14. The van der Waals surface area contributed by atoms with Crippen molar-refractivity contribution in [1.29, 1.82) is 0 Å². The monoisotopic (exact) mass is 1050 g/mol. The SMILES string of the molecule is C=C(CC1CCC(OC2CC(CC)OC2(C)CC)C(OC)C1)[C@@H]1CC(=O)[C@H](C)/C=C(\C)C(O)[C@@H](OC)C(=O)[C@H](C)C[C@H](C)/C=C/C=C/C=C(\C)[C@@H](OC)C[C@@H]2CC[C@@H](C)[C@@](O)(O2)C(=O)C(=O)N2CCCC[C@H]2C(=O)O1. The number of allylic oxidation sites excluding steroid dienone is 6. The zero-order chi connectivity index (χ0) is 55.4. The van der Waals surface area contributed by atoms with E-state index in [1.165, 1.54) is 12.0 Å². The van der Waals surface area contributed by atoms with Crippen LogP contribution in [0.5, 0.6) is 0 Å². The molecule has 5 aliphatic rings. The van der Waals surface area contributed by atoms with E-state index in [4.69, 9.17) is 33.2 Å². The summed E-state index contributed by atoms with van der Waals surface area (Å²) in [7, 11) is 4.65. The van der Waals surface area contributed by atoms with Gasteiger partial charge in [0.25, 0.3) is 11.7 Å². The van der Waals surface area contributed by atoms with Gasteiger partial charge in [0.05, 0.1) is 42.2 Å². The van der Waals surface area contributed by atoms with Crippen molar-refractivity contribution >= 4 is 29.2 Å². The van der Waals surface area contributed by atoms with Gasteiger partial charge in [0.1, 0.15) is 30.1 Å². The van der Waals surface area contributed by atoms with E-state index < -0.39 is 83.4 Å². The number of piperidine rings is 1. The Bertz CT molecular complexity index is 2100. The lowest BCUT2D eigenvalue weighted by molar-refractivity contribution is -0.265. The molecule has 4 fully saturated rings. The van der Waals surface area contributed by atoms with E-state index in [1.54, 1.807) is 41.1 Å². The normalized spacial score (nSPS) is 41.2. The molecule has 1 aliphatic carbocycles. The number of Topliss-reactive ketones (excluding diaryl/α,β-unsaturated/α-hetero) is 3. The minimum absolute atomic E-state index is 0.0100. The highest BCUT2D eigenvalue weighted by Crippen LogP contribution is 2.42. The number of carbonyl (C=O) groups excluding carboxylic acids is 5. The number of amides is 1. The molecular formula is C60H93NO14. The molecule has 0 aromatic carbocycles. The van der Waals surface area contributed by atoms with Crippen LogP contribution in [0.15, 0.2) is 59.8 Å². The first-order chi connectivity index (χ1) is 35.5. The van der Waals surface area contributed by atoms with E-state index in [1.807, 2.05) is 51.2 Å². The van der Waals surface area contributed by atoms with Crippen LogP contribution in [0, 0.1) is 29.6 Å². The zero-order valence-corrected chi connectivity index (χ0v) is 47.4. The van der Waals surface area contributed by atoms with Crippen molar-refractivity contribution in [2.24, 2.45) is 29.6 Å². The van der Waals surface area contributed by atoms with Crippen LogP contribution in [0.1, 0.15) is 159 Å². The van der Waals surface area contributed by atoms with Gasteiger partial charge in [-0.3, -0.25) is 19.2 Å². The van der Waals surface area contributed by atoms with Crippen molar-refractivity contribution in [3.05, 3.63) is 59.8 Å². The number of hydrogen-bond donors (Lipinski definition) is 2. The summed E-state index contributed by atoms with van der Waals surface area (Å²) in [5.41, 5.74) is 1.38. The first kappa shape index (κ1) is 62.2.